The molecule has 1 amide bonds. The van der Waals surface area contributed by atoms with Gasteiger partial charge in [0.25, 0.3) is 0 Å². The molecule has 0 aliphatic rings. The molecule has 0 radical (unpaired) electrons. The number of hydrogen-bond acceptors (Lipinski definition) is 4. The summed E-state index contributed by atoms with van der Waals surface area (Å²) in [6, 6.07) is -1.06. The molecule has 2 N–H and O–H groups in total. The smallest absolute Gasteiger partial charge is 0.331 e. The number of aliphatic hydroxyl groups excluding tert-OH is 1. The molecule has 6 heteroatoms. The average molecular weight is 210 g/mol. The van der Waals surface area contributed by atoms with Crippen molar-refractivity contribution >= 4 is 23.5 Å². The number of carbonyl (C=O) groups is 2. The molecule has 76 valence electrons. The normalized spacial score (nSPS) is 14.5. The third kappa shape index (κ3) is 4.10. The summed E-state index contributed by atoms with van der Waals surface area (Å²) in [5, 5.41) is 11.3. The van der Waals surface area contributed by atoms with E-state index in [1.807, 2.05) is 0 Å². The van der Waals surface area contributed by atoms with Gasteiger partial charge in [-0.15, -0.1) is 11.6 Å². The van der Waals surface area contributed by atoms with E-state index in [0.29, 0.717) is 0 Å². The largest absolute Gasteiger partial charge is 0.467 e. The molecule has 0 bridgehead atoms. The number of amides is 1. The quantitative estimate of drug-likeness (QED) is 0.473. The summed E-state index contributed by atoms with van der Waals surface area (Å²) in [5.74, 6) is -1.49. The van der Waals surface area contributed by atoms with E-state index in [1.54, 1.807) is 0 Å². The number of aliphatic hydroxyl groups is 1. The Morgan fingerprint density at radius 1 is 1.62 bits per heavy atom. The number of rotatable bonds is 4. The maximum absolute atomic E-state index is 11.0. The number of carbonyl (C=O) groups excluding carboxylic acids is 2. The second kappa shape index (κ2) is 5.77. The van der Waals surface area contributed by atoms with Gasteiger partial charge in [0.2, 0.25) is 5.91 Å². The van der Waals surface area contributed by atoms with Gasteiger partial charge in [-0.05, 0) is 6.92 Å². The van der Waals surface area contributed by atoms with Crippen molar-refractivity contribution in [3.63, 3.8) is 0 Å². The van der Waals surface area contributed by atoms with Gasteiger partial charge in [-0.25, -0.2) is 4.79 Å². The van der Waals surface area contributed by atoms with E-state index in [0.717, 1.165) is 0 Å². The zero-order valence-electron chi connectivity index (χ0n) is 7.41. The molecular weight excluding hydrogens is 198 g/mol. The number of ether oxygens (including phenoxy) is 1. The van der Waals surface area contributed by atoms with Crippen molar-refractivity contribution in [1.29, 1.82) is 0 Å². The van der Waals surface area contributed by atoms with Crippen LogP contribution in [0.1, 0.15) is 6.92 Å². The molecule has 0 rings (SSSR count). The summed E-state index contributed by atoms with van der Waals surface area (Å²) in [6.45, 7) is 1.37. The fraction of sp³-hybridized carbons (Fsp3) is 0.714. The van der Waals surface area contributed by atoms with Crippen LogP contribution in [0, 0.1) is 0 Å². The van der Waals surface area contributed by atoms with Gasteiger partial charge in [0.15, 0.2) is 6.04 Å². The Balaban J connectivity index is 4.26. The van der Waals surface area contributed by atoms with E-state index in [-0.39, 0.29) is 5.88 Å². The summed E-state index contributed by atoms with van der Waals surface area (Å²) in [5.41, 5.74) is 0. The highest BCUT2D eigenvalue weighted by Gasteiger charge is 2.25. The monoisotopic (exact) mass is 209 g/mol. The first-order valence-electron chi connectivity index (χ1n) is 3.64. The molecule has 0 aliphatic heterocycles. The number of esters is 1. The van der Waals surface area contributed by atoms with E-state index in [2.05, 4.69) is 10.1 Å². The topological polar surface area (TPSA) is 75.6 Å². The summed E-state index contributed by atoms with van der Waals surface area (Å²) < 4.78 is 4.36. The van der Waals surface area contributed by atoms with Crippen LogP contribution in [0.4, 0.5) is 0 Å². The van der Waals surface area contributed by atoms with Gasteiger partial charge < -0.3 is 15.2 Å². The van der Waals surface area contributed by atoms with Gasteiger partial charge in [0.05, 0.1) is 13.2 Å². The molecule has 0 saturated heterocycles. The third-order valence-corrected chi connectivity index (χ3v) is 1.62. The van der Waals surface area contributed by atoms with Crippen LogP contribution >= 0.6 is 11.6 Å². The Labute approximate surface area is 81.0 Å². The van der Waals surface area contributed by atoms with Gasteiger partial charge in [-0.1, -0.05) is 0 Å². The van der Waals surface area contributed by atoms with Crippen LogP contribution in [0.5, 0.6) is 0 Å². The Morgan fingerprint density at radius 2 is 2.15 bits per heavy atom. The molecule has 13 heavy (non-hydrogen) atoms. The molecule has 0 aromatic rings. The van der Waals surface area contributed by atoms with E-state index in [9.17, 15) is 9.59 Å². The first-order valence-corrected chi connectivity index (χ1v) is 4.17. The zero-order valence-corrected chi connectivity index (χ0v) is 8.17. The van der Waals surface area contributed by atoms with Crippen LogP contribution in [0.15, 0.2) is 0 Å². The van der Waals surface area contributed by atoms with Crippen LogP contribution < -0.4 is 5.32 Å². The number of hydrogen-bond donors (Lipinski definition) is 2. The molecule has 0 aromatic heterocycles. The highest BCUT2D eigenvalue weighted by Crippen LogP contribution is 1.95. The molecule has 0 aromatic carbocycles. The van der Waals surface area contributed by atoms with Crippen LogP contribution in [0.3, 0.4) is 0 Å². The summed E-state index contributed by atoms with van der Waals surface area (Å²) in [4.78, 5) is 21.7. The molecule has 5 nitrogen and oxygen atoms in total. The molecule has 2 atom stereocenters. The standard InChI is InChI=1S/C7H12ClNO4/c1-4(10)6(7(12)13-2)9-5(11)3-8/h4,6,10H,3H2,1-2H3,(H,9,11). The number of methoxy groups -OCH3 is 1. The average Bonchev–Trinajstić information content (AvgIpc) is 2.11. The van der Waals surface area contributed by atoms with Crippen molar-refractivity contribution in [1.82, 2.24) is 5.32 Å². The van der Waals surface area contributed by atoms with Crippen molar-refractivity contribution in [3.05, 3.63) is 0 Å². The highest BCUT2D eigenvalue weighted by molar-refractivity contribution is 6.27. The molecule has 0 spiro atoms. The predicted molar refractivity (Wildman–Crippen MR) is 46.3 cm³/mol. The van der Waals surface area contributed by atoms with E-state index in [1.165, 1.54) is 14.0 Å². The van der Waals surface area contributed by atoms with Crippen molar-refractivity contribution in [2.75, 3.05) is 13.0 Å². The molecule has 0 aliphatic carbocycles. The first kappa shape index (κ1) is 12.2. The Bertz CT molecular complexity index is 195. The maximum atomic E-state index is 11.0. The van der Waals surface area contributed by atoms with E-state index < -0.39 is 24.0 Å². The Kier molecular flexibility index (Phi) is 5.41. The van der Waals surface area contributed by atoms with Gasteiger partial charge in [-0.2, -0.15) is 0 Å². The summed E-state index contributed by atoms with van der Waals surface area (Å²) in [6.07, 6.45) is -1.01. The zero-order chi connectivity index (χ0) is 10.4. The Morgan fingerprint density at radius 3 is 2.46 bits per heavy atom. The van der Waals surface area contributed by atoms with Crippen molar-refractivity contribution in [3.8, 4) is 0 Å². The van der Waals surface area contributed by atoms with Crippen molar-refractivity contribution < 1.29 is 19.4 Å². The number of nitrogens with one attached hydrogen (secondary N) is 1. The van der Waals surface area contributed by atoms with Crippen LogP contribution in [-0.2, 0) is 14.3 Å². The summed E-state index contributed by atoms with van der Waals surface area (Å²) >= 11 is 5.20. The lowest BCUT2D eigenvalue weighted by Gasteiger charge is -2.17. The minimum absolute atomic E-state index is 0.264. The fourth-order valence-electron chi connectivity index (χ4n) is 0.715. The molecule has 0 saturated carbocycles. The lowest BCUT2D eigenvalue weighted by molar-refractivity contribution is -0.147. The van der Waals surface area contributed by atoms with Crippen LogP contribution in [-0.4, -0.2) is 42.1 Å². The SMILES string of the molecule is COC(=O)C(NC(=O)CCl)C(C)O. The maximum Gasteiger partial charge on any atom is 0.331 e. The molecule has 2 unspecified atom stereocenters. The molecule has 0 heterocycles. The van der Waals surface area contributed by atoms with Crippen molar-refractivity contribution in [2.45, 2.75) is 19.1 Å². The van der Waals surface area contributed by atoms with Crippen LogP contribution in [0.25, 0.3) is 0 Å². The Hall–Kier alpha value is -0.810. The minimum atomic E-state index is -1.06. The molecule has 0 fully saturated rings. The van der Waals surface area contributed by atoms with Crippen LogP contribution in [0.2, 0.25) is 0 Å². The second-order valence-electron chi connectivity index (χ2n) is 2.44. The second-order valence-corrected chi connectivity index (χ2v) is 2.71. The minimum Gasteiger partial charge on any atom is -0.467 e. The number of alkyl halides is 1. The summed E-state index contributed by atoms with van der Waals surface area (Å²) in [7, 11) is 1.17. The van der Waals surface area contributed by atoms with Gasteiger partial charge >= 0.3 is 5.97 Å². The highest BCUT2D eigenvalue weighted by atomic mass is 35.5. The van der Waals surface area contributed by atoms with Gasteiger partial charge in [0.1, 0.15) is 5.88 Å². The predicted octanol–water partition coefficient (Wildman–Crippen LogP) is -0.736. The van der Waals surface area contributed by atoms with Gasteiger partial charge in [0, 0.05) is 0 Å². The number of halogens is 1. The molecular formula is C7H12ClNO4. The van der Waals surface area contributed by atoms with E-state index in [4.69, 9.17) is 16.7 Å². The van der Waals surface area contributed by atoms with Gasteiger partial charge in [-0.3, -0.25) is 4.79 Å². The van der Waals surface area contributed by atoms with Crippen molar-refractivity contribution in [2.24, 2.45) is 0 Å². The lowest BCUT2D eigenvalue weighted by Crippen LogP contribution is -2.48. The fourth-order valence-corrected chi connectivity index (χ4v) is 0.793. The lowest BCUT2D eigenvalue weighted by atomic mass is 10.2. The van der Waals surface area contributed by atoms with E-state index >= 15 is 0 Å². The third-order valence-electron chi connectivity index (χ3n) is 1.38. The first-order chi connectivity index (χ1) is 6.02.